The van der Waals surface area contributed by atoms with Gasteiger partial charge in [-0.1, -0.05) is 24.3 Å². The monoisotopic (exact) mass is 340 g/mol. The second kappa shape index (κ2) is 8.61. The highest BCUT2D eigenvalue weighted by atomic mass is 32.2. The summed E-state index contributed by atoms with van der Waals surface area (Å²) in [5, 5.41) is 13.2. The van der Waals surface area contributed by atoms with Gasteiger partial charge in [-0.25, -0.2) is 9.97 Å². The third-order valence-electron chi connectivity index (χ3n) is 3.47. The fourth-order valence-corrected chi connectivity index (χ4v) is 2.94. The Hall–Kier alpha value is -2.18. The Bertz CT molecular complexity index is 786. The second-order valence-electron chi connectivity index (χ2n) is 5.20. The average Bonchev–Trinajstić information content (AvgIpc) is 2.90. The topological polar surface area (TPSA) is 70.4 Å². The molecule has 0 bridgehead atoms. The number of nitrogens with zero attached hydrogens (tertiary/aromatic N) is 3. The second-order valence-corrected chi connectivity index (χ2v) is 6.43. The molecule has 24 heavy (non-hydrogen) atoms. The summed E-state index contributed by atoms with van der Waals surface area (Å²) < 4.78 is 0. The lowest BCUT2D eigenvalue weighted by Crippen LogP contribution is -2.09. The van der Waals surface area contributed by atoms with E-state index in [2.05, 4.69) is 26.4 Å². The Balaban J connectivity index is 1.88. The Kier molecular flexibility index (Phi) is 5.98. The number of hydrogen-bond acceptors (Lipinski definition) is 6. The molecule has 1 aromatic carbocycles. The standard InChI is InChI=1S/C18H20N4OS/c23-11-13-24-12-10-20-17-14-6-3-4-7-15(14)21-18(22-17)16-8-2-1-5-9-19-16/h1-4,6-9,23H,5,10-13H2,(H,20,21,22). The van der Waals surface area contributed by atoms with Crippen LogP contribution in [0.5, 0.6) is 0 Å². The number of aliphatic hydroxyl groups excluding tert-OH is 1. The van der Waals surface area contributed by atoms with E-state index in [1.165, 1.54) is 0 Å². The minimum Gasteiger partial charge on any atom is -0.396 e. The number of anilines is 1. The van der Waals surface area contributed by atoms with Gasteiger partial charge in [-0.3, -0.25) is 4.99 Å². The molecule has 0 fully saturated rings. The van der Waals surface area contributed by atoms with Gasteiger partial charge in [0, 0.05) is 36.1 Å². The molecule has 5 nitrogen and oxygen atoms in total. The van der Waals surface area contributed by atoms with Gasteiger partial charge in [0.2, 0.25) is 0 Å². The summed E-state index contributed by atoms with van der Waals surface area (Å²) in [6.07, 6.45) is 8.66. The van der Waals surface area contributed by atoms with Crippen molar-refractivity contribution in [2.75, 3.05) is 30.0 Å². The number of para-hydroxylation sites is 1. The molecular formula is C18H20N4OS. The van der Waals surface area contributed by atoms with Crippen LogP contribution in [0, 0.1) is 0 Å². The van der Waals surface area contributed by atoms with Crippen molar-refractivity contribution >= 4 is 40.4 Å². The molecule has 0 radical (unpaired) electrons. The number of aromatic nitrogens is 2. The van der Waals surface area contributed by atoms with Crippen LogP contribution < -0.4 is 5.32 Å². The molecule has 0 atom stereocenters. The summed E-state index contributed by atoms with van der Waals surface area (Å²) in [4.78, 5) is 13.8. The fourth-order valence-electron chi connectivity index (χ4n) is 2.36. The van der Waals surface area contributed by atoms with Crippen LogP contribution in [0.25, 0.3) is 16.6 Å². The third-order valence-corrected chi connectivity index (χ3v) is 4.43. The molecule has 0 unspecified atom stereocenters. The van der Waals surface area contributed by atoms with Gasteiger partial charge in [0.15, 0.2) is 5.82 Å². The normalized spacial score (nSPS) is 13.8. The number of benzene rings is 1. The van der Waals surface area contributed by atoms with E-state index in [-0.39, 0.29) is 6.61 Å². The van der Waals surface area contributed by atoms with E-state index in [1.807, 2.05) is 42.6 Å². The van der Waals surface area contributed by atoms with E-state index >= 15 is 0 Å². The average molecular weight is 340 g/mol. The summed E-state index contributed by atoms with van der Waals surface area (Å²) in [6.45, 7) is 0.998. The third kappa shape index (κ3) is 4.21. The van der Waals surface area contributed by atoms with Gasteiger partial charge in [-0.15, -0.1) is 0 Å². The molecule has 0 saturated carbocycles. The van der Waals surface area contributed by atoms with Crippen molar-refractivity contribution in [1.29, 1.82) is 0 Å². The predicted molar refractivity (Wildman–Crippen MR) is 103 cm³/mol. The molecule has 1 aliphatic rings. The quantitative estimate of drug-likeness (QED) is 0.758. The molecule has 3 rings (SSSR count). The maximum Gasteiger partial charge on any atom is 0.180 e. The minimum atomic E-state index is 0.213. The number of allylic oxidation sites excluding steroid dienone is 3. The number of hydrogen-bond donors (Lipinski definition) is 2. The van der Waals surface area contributed by atoms with Crippen molar-refractivity contribution in [3.05, 3.63) is 48.3 Å². The van der Waals surface area contributed by atoms with E-state index in [9.17, 15) is 0 Å². The van der Waals surface area contributed by atoms with Crippen molar-refractivity contribution in [2.45, 2.75) is 6.42 Å². The first-order chi connectivity index (χ1) is 11.9. The maximum atomic E-state index is 8.84. The first kappa shape index (κ1) is 16.7. The highest BCUT2D eigenvalue weighted by Crippen LogP contribution is 2.24. The smallest absolute Gasteiger partial charge is 0.180 e. The molecule has 1 aliphatic heterocycles. The number of rotatable bonds is 7. The van der Waals surface area contributed by atoms with Crippen molar-refractivity contribution in [1.82, 2.24) is 9.97 Å². The first-order valence-electron chi connectivity index (χ1n) is 7.97. The summed E-state index contributed by atoms with van der Waals surface area (Å²) in [7, 11) is 0. The molecule has 6 heteroatoms. The highest BCUT2D eigenvalue weighted by Gasteiger charge is 2.10. The van der Waals surface area contributed by atoms with Gasteiger partial charge >= 0.3 is 0 Å². The van der Waals surface area contributed by atoms with Gasteiger partial charge in [0.1, 0.15) is 11.5 Å². The number of aliphatic imine (C=N–C) groups is 1. The molecular weight excluding hydrogens is 320 g/mol. The molecule has 2 N–H and O–H groups in total. The van der Waals surface area contributed by atoms with Gasteiger partial charge in [-0.2, -0.15) is 11.8 Å². The fraction of sp³-hybridized carbons (Fsp3) is 0.278. The van der Waals surface area contributed by atoms with Crippen LogP contribution in [0.1, 0.15) is 12.2 Å². The van der Waals surface area contributed by atoms with Crippen LogP contribution >= 0.6 is 11.8 Å². The number of thioether (sulfide) groups is 1. The lowest BCUT2D eigenvalue weighted by atomic mass is 10.2. The molecule has 124 valence electrons. The number of nitrogens with one attached hydrogen (secondary N) is 1. The van der Waals surface area contributed by atoms with Crippen molar-refractivity contribution in [3.63, 3.8) is 0 Å². The van der Waals surface area contributed by atoms with E-state index in [0.29, 0.717) is 5.82 Å². The molecule has 0 saturated heterocycles. The zero-order chi connectivity index (χ0) is 16.6. The van der Waals surface area contributed by atoms with Crippen molar-refractivity contribution in [3.8, 4) is 0 Å². The predicted octanol–water partition coefficient (Wildman–Crippen LogP) is 3.14. The van der Waals surface area contributed by atoms with E-state index in [1.54, 1.807) is 11.8 Å². The van der Waals surface area contributed by atoms with E-state index < -0.39 is 0 Å². The Morgan fingerprint density at radius 3 is 3.00 bits per heavy atom. The van der Waals surface area contributed by atoms with Crippen LogP contribution in [0.3, 0.4) is 0 Å². The van der Waals surface area contributed by atoms with Crippen molar-refractivity contribution < 1.29 is 5.11 Å². The van der Waals surface area contributed by atoms with Gasteiger partial charge < -0.3 is 10.4 Å². The first-order valence-corrected chi connectivity index (χ1v) is 9.13. The van der Waals surface area contributed by atoms with Crippen LogP contribution in [-0.4, -0.2) is 45.9 Å². The zero-order valence-corrected chi connectivity index (χ0v) is 14.2. The number of aliphatic hydroxyl groups is 1. The molecule has 0 spiro atoms. The van der Waals surface area contributed by atoms with E-state index in [0.717, 1.165) is 46.9 Å². The zero-order valence-electron chi connectivity index (χ0n) is 13.4. The summed E-state index contributed by atoms with van der Waals surface area (Å²) in [5.41, 5.74) is 1.67. The molecule has 2 aromatic rings. The molecule has 1 aromatic heterocycles. The summed E-state index contributed by atoms with van der Waals surface area (Å²) in [5.74, 6) is 3.12. The SMILES string of the molecule is OCCSCCNc1nc(C2=CC=CCC=N2)nc2ccccc12. The Morgan fingerprint density at radius 2 is 2.08 bits per heavy atom. The molecule has 0 amide bonds. The summed E-state index contributed by atoms with van der Waals surface area (Å²) >= 11 is 1.71. The molecule has 2 heterocycles. The van der Waals surface area contributed by atoms with Gasteiger partial charge in [-0.05, 0) is 18.2 Å². The summed E-state index contributed by atoms with van der Waals surface area (Å²) in [6, 6.07) is 7.98. The highest BCUT2D eigenvalue weighted by molar-refractivity contribution is 7.99. The van der Waals surface area contributed by atoms with Crippen LogP contribution in [0.4, 0.5) is 5.82 Å². The Morgan fingerprint density at radius 1 is 1.17 bits per heavy atom. The van der Waals surface area contributed by atoms with Gasteiger partial charge in [0.25, 0.3) is 0 Å². The minimum absolute atomic E-state index is 0.213. The molecule has 0 aliphatic carbocycles. The largest absolute Gasteiger partial charge is 0.396 e. The van der Waals surface area contributed by atoms with Crippen LogP contribution in [0.15, 0.2) is 47.5 Å². The lowest BCUT2D eigenvalue weighted by molar-refractivity contribution is 0.322. The van der Waals surface area contributed by atoms with Crippen molar-refractivity contribution in [2.24, 2.45) is 4.99 Å². The lowest BCUT2D eigenvalue weighted by Gasteiger charge is -2.11. The van der Waals surface area contributed by atoms with Gasteiger partial charge in [0.05, 0.1) is 12.1 Å². The van der Waals surface area contributed by atoms with Crippen LogP contribution in [-0.2, 0) is 0 Å². The Labute approximate surface area is 145 Å². The maximum absolute atomic E-state index is 8.84. The van der Waals surface area contributed by atoms with E-state index in [4.69, 9.17) is 5.11 Å². The van der Waals surface area contributed by atoms with Crippen LogP contribution in [0.2, 0.25) is 0 Å². The number of fused-ring (bicyclic) bond motifs is 1.